The molecule has 1 heterocycles. The molecule has 0 aromatic heterocycles. The van der Waals surface area contributed by atoms with E-state index in [2.05, 4.69) is 34.6 Å². The standard InChI is InChI=1S/C23H46O5/c1-6-10-14-24-18-20-22(26-16-12-8-3)23(27-17-13-9-4)21(19(5)28-20)25-15-11-7-2/h19-23H,6-18H2,1-5H3/t19-,20-,21-,22-,23-/m1/s1. The molecule has 0 bridgehead atoms. The number of rotatable bonds is 17. The minimum atomic E-state index is -0.146. The summed E-state index contributed by atoms with van der Waals surface area (Å²) in [4.78, 5) is 0. The highest BCUT2D eigenvalue weighted by molar-refractivity contribution is 4.94. The van der Waals surface area contributed by atoms with Crippen LogP contribution in [0.4, 0.5) is 0 Å². The predicted octanol–water partition coefficient (Wildman–Crippen LogP) is 5.15. The van der Waals surface area contributed by atoms with Crippen LogP contribution in [0.3, 0.4) is 0 Å². The van der Waals surface area contributed by atoms with Gasteiger partial charge in [-0.25, -0.2) is 0 Å². The molecule has 0 N–H and O–H groups in total. The van der Waals surface area contributed by atoms with Crippen molar-refractivity contribution in [3.8, 4) is 0 Å². The van der Waals surface area contributed by atoms with Crippen LogP contribution in [0.25, 0.3) is 0 Å². The van der Waals surface area contributed by atoms with Gasteiger partial charge in [0, 0.05) is 26.4 Å². The van der Waals surface area contributed by atoms with E-state index in [1.54, 1.807) is 0 Å². The molecule has 5 nitrogen and oxygen atoms in total. The van der Waals surface area contributed by atoms with Crippen molar-refractivity contribution in [2.75, 3.05) is 33.0 Å². The molecule has 0 aromatic rings. The lowest BCUT2D eigenvalue weighted by Crippen LogP contribution is -2.60. The molecule has 0 spiro atoms. The van der Waals surface area contributed by atoms with E-state index >= 15 is 0 Å². The fourth-order valence-corrected chi connectivity index (χ4v) is 3.39. The molecule has 0 aromatic carbocycles. The molecule has 0 aliphatic carbocycles. The van der Waals surface area contributed by atoms with Gasteiger partial charge in [0.05, 0.1) is 12.7 Å². The van der Waals surface area contributed by atoms with Crippen LogP contribution >= 0.6 is 0 Å². The number of unbranched alkanes of at least 4 members (excludes halogenated alkanes) is 4. The Morgan fingerprint density at radius 2 is 1.07 bits per heavy atom. The van der Waals surface area contributed by atoms with Gasteiger partial charge in [-0.2, -0.15) is 0 Å². The number of hydrogen-bond acceptors (Lipinski definition) is 5. The first kappa shape index (κ1) is 25.8. The second kappa shape index (κ2) is 16.6. The van der Waals surface area contributed by atoms with Crippen LogP contribution in [0.15, 0.2) is 0 Å². The van der Waals surface area contributed by atoms with Crippen LogP contribution in [-0.2, 0) is 23.7 Å². The third-order valence-corrected chi connectivity index (χ3v) is 5.22. The first-order valence-electron chi connectivity index (χ1n) is 11.8. The summed E-state index contributed by atoms with van der Waals surface area (Å²) in [5.74, 6) is 0. The molecule has 28 heavy (non-hydrogen) atoms. The summed E-state index contributed by atoms with van der Waals surface area (Å²) >= 11 is 0. The summed E-state index contributed by atoms with van der Waals surface area (Å²) in [6.45, 7) is 14.3. The molecule has 0 saturated carbocycles. The molecule has 1 aliphatic heterocycles. The smallest absolute Gasteiger partial charge is 0.115 e. The summed E-state index contributed by atoms with van der Waals surface area (Å²) in [6.07, 6.45) is 8.20. The highest BCUT2D eigenvalue weighted by Gasteiger charge is 2.46. The average Bonchev–Trinajstić information content (AvgIpc) is 2.69. The van der Waals surface area contributed by atoms with E-state index in [-0.39, 0.29) is 30.5 Å². The summed E-state index contributed by atoms with van der Waals surface area (Å²) in [6, 6.07) is 0. The molecule has 0 radical (unpaired) electrons. The fourth-order valence-electron chi connectivity index (χ4n) is 3.39. The lowest BCUT2D eigenvalue weighted by Gasteiger charge is -2.45. The van der Waals surface area contributed by atoms with Gasteiger partial charge >= 0.3 is 0 Å². The van der Waals surface area contributed by atoms with Crippen molar-refractivity contribution in [2.45, 2.75) is 117 Å². The fraction of sp³-hybridized carbons (Fsp3) is 1.00. The summed E-state index contributed by atoms with van der Waals surface area (Å²) < 4.78 is 31.1. The van der Waals surface area contributed by atoms with E-state index in [9.17, 15) is 0 Å². The maximum atomic E-state index is 6.35. The molecule has 1 rings (SSSR count). The van der Waals surface area contributed by atoms with Crippen LogP contribution in [0.1, 0.15) is 86.0 Å². The van der Waals surface area contributed by atoms with Gasteiger partial charge in [0.2, 0.25) is 0 Å². The van der Waals surface area contributed by atoms with E-state index in [0.717, 1.165) is 77.8 Å². The Morgan fingerprint density at radius 1 is 0.607 bits per heavy atom. The van der Waals surface area contributed by atoms with Crippen LogP contribution in [0.5, 0.6) is 0 Å². The highest BCUT2D eigenvalue weighted by Crippen LogP contribution is 2.29. The van der Waals surface area contributed by atoms with Gasteiger partial charge in [-0.15, -0.1) is 0 Å². The van der Waals surface area contributed by atoms with Gasteiger partial charge < -0.3 is 23.7 Å². The van der Waals surface area contributed by atoms with Crippen LogP contribution in [-0.4, -0.2) is 63.6 Å². The van der Waals surface area contributed by atoms with Gasteiger partial charge in [0.15, 0.2) is 0 Å². The lowest BCUT2D eigenvalue weighted by atomic mass is 9.95. The van der Waals surface area contributed by atoms with Gasteiger partial charge in [-0.3, -0.25) is 0 Å². The van der Waals surface area contributed by atoms with Crippen molar-refractivity contribution < 1.29 is 23.7 Å². The molecule has 1 fully saturated rings. The zero-order chi connectivity index (χ0) is 20.6. The Labute approximate surface area is 173 Å². The summed E-state index contributed by atoms with van der Waals surface area (Å²) in [5, 5.41) is 0. The normalized spacial score (nSPS) is 28.0. The van der Waals surface area contributed by atoms with Crippen molar-refractivity contribution in [3.63, 3.8) is 0 Å². The predicted molar refractivity (Wildman–Crippen MR) is 114 cm³/mol. The summed E-state index contributed by atoms with van der Waals surface area (Å²) in [5.41, 5.74) is 0. The highest BCUT2D eigenvalue weighted by atomic mass is 16.6. The maximum Gasteiger partial charge on any atom is 0.115 e. The number of ether oxygens (including phenoxy) is 5. The van der Waals surface area contributed by atoms with E-state index in [1.165, 1.54) is 0 Å². The molecule has 0 unspecified atom stereocenters. The Bertz CT molecular complexity index is 352. The molecular formula is C23H46O5. The molecule has 1 aliphatic rings. The molecule has 1 saturated heterocycles. The molecular weight excluding hydrogens is 356 g/mol. The monoisotopic (exact) mass is 402 g/mol. The van der Waals surface area contributed by atoms with Gasteiger partial charge in [-0.05, 0) is 32.6 Å². The second-order valence-corrected chi connectivity index (χ2v) is 7.88. The van der Waals surface area contributed by atoms with Crippen molar-refractivity contribution >= 4 is 0 Å². The van der Waals surface area contributed by atoms with Crippen LogP contribution < -0.4 is 0 Å². The lowest BCUT2D eigenvalue weighted by molar-refractivity contribution is -0.262. The Balaban J connectivity index is 2.84. The average molecular weight is 403 g/mol. The second-order valence-electron chi connectivity index (χ2n) is 7.88. The molecule has 5 heteroatoms. The van der Waals surface area contributed by atoms with Crippen molar-refractivity contribution in [3.05, 3.63) is 0 Å². The SMILES string of the molecule is CCCCOC[C@H]1O[C@H](C)[C@@H](OCCCC)[C@@H](OCCCC)[C@@H]1OCCCC. The first-order valence-corrected chi connectivity index (χ1v) is 11.8. The third-order valence-electron chi connectivity index (χ3n) is 5.22. The van der Waals surface area contributed by atoms with E-state index in [4.69, 9.17) is 23.7 Å². The molecule has 168 valence electrons. The minimum absolute atomic E-state index is 0.0331. The molecule has 5 atom stereocenters. The van der Waals surface area contributed by atoms with E-state index in [1.807, 2.05) is 0 Å². The van der Waals surface area contributed by atoms with Crippen molar-refractivity contribution in [1.82, 2.24) is 0 Å². The molecule has 0 amide bonds. The zero-order valence-corrected chi connectivity index (χ0v) is 19.1. The first-order chi connectivity index (χ1) is 13.7. The maximum absolute atomic E-state index is 6.35. The van der Waals surface area contributed by atoms with Crippen molar-refractivity contribution in [1.29, 1.82) is 0 Å². The van der Waals surface area contributed by atoms with E-state index < -0.39 is 0 Å². The third kappa shape index (κ3) is 9.53. The Morgan fingerprint density at radius 3 is 1.61 bits per heavy atom. The topological polar surface area (TPSA) is 46.2 Å². The largest absolute Gasteiger partial charge is 0.379 e. The Hall–Kier alpha value is -0.200. The minimum Gasteiger partial charge on any atom is -0.379 e. The number of hydrogen-bond donors (Lipinski definition) is 0. The van der Waals surface area contributed by atoms with Gasteiger partial charge in [-0.1, -0.05) is 53.4 Å². The van der Waals surface area contributed by atoms with Crippen LogP contribution in [0.2, 0.25) is 0 Å². The Kier molecular flexibility index (Phi) is 15.3. The zero-order valence-electron chi connectivity index (χ0n) is 19.1. The quantitative estimate of drug-likeness (QED) is 0.315. The van der Waals surface area contributed by atoms with Gasteiger partial charge in [0.25, 0.3) is 0 Å². The van der Waals surface area contributed by atoms with Crippen molar-refractivity contribution in [2.24, 2.45) is 0 Å². The van der Waals surface area contributed by atoms with E-state index in [0.29, 0.717) is 6.61 Å². The van der Waals surface area contributed by atoms with Crippen LogP contribution in [0, 0.1) is 0 Å². The van der Waals surface area contributed by atoms with Gasteiger partial charge in [0.1, 0.15) is 24.4 Å². The summed E-state index contributed by atoms with van der Waals surface area (Å²) in [7, 11) is 0.